The Hall–Kier alpha value is -0.670. The molecule has 78 valence electrons. The molecule has 0 radical (unpaired) electrons. The van der Waals surface area contributed by atoms with E-state index in [1.54, 1.807) is 0 Å². The van der Waals surface area contributed by atoms with E-state index in [1.165, 1.54) is 11.3 Å². The SMILES string of the molecule is Cc1ccsc1C(=O)CCC(C)CN. The van der Waals surface area contributed by atoms with Crippen LogP contribution in [0.25, 0.3) is 0 Å². The number of carbonyl (C=O) groups is 1. The Balaban J connectivity index is 2.47. The number of hydrogen-bond donors (Lipinski definition) is 1. The van der Waals surface area contributed by atoms with Crippen LogP contribution < -0.4 is 5.73 Å². The van der Waals surface area contributed by atoms with Gasteiger partial charge in [-0.2, -0.15) is 0 Å². The fourth-order valence-corrected chi connectivity index (χ4v) is 2.16. The van der Waals surface area contributed by atoms with Crippen LogP contribution in [0.2, 0.25) is 0 Å². The average molecular weight is 211 g/mol. The highest BCUT2D eigenvalue weighted by Gasteiger charge is 2.11. The van der Waals surface area contributed by atoms with E-state index in [9.17, 15) is 4.79 Å². The minimum absolute atomic E-state index is 0.262. The van der Waals surface area contributed by atoms with Gasteiger partial charge in [-0.15, -0.1) is 11.3 Å². The van der Waals surface area contributed by atoms with E-state index in [4.69, 9.17) is 5.73 Å². The molecule has 0 spiro atoms. The number of carbonyl (C=O) groups excluding carboxylic acids is 1. The lowest BCUT2D eigenvalue weighted by atomic mass is 10.0. The molecule has 14 heavy (non-hydrogen) atoms. The summed E-state index contributed by atoms with van der Waals surface area (Å²) in [6, 6.07) is 1.99. The lowest BCUT2D eigenvalue weighted by Gasteiger charge is -2.06. The molecule has 2 nitrogen and oxygen atoms in total. The molecular weight excluding hydrogens is 194 g/mol. The first kappa shape index (κ1) is 11.4. The van der Waals surface area contributed by atoms with E-state index in [2.05, 4.69) is 6.92 Å². The normalized spacial score (nSPS) is 12.8. The second kappa shape index (κ2) is 5.27. The summed E-state index contributed by atoms with van der Waals surface area (Å²) in [5, 5.41) is 1.97. The van der Waals surface area contributed by atoms with Gasteiger partial charge in [-0.3, -0.25) is 4.79 Å². The molecule has 0 aliphatic carbocycles. The predicted molar refractivity (Wildman–Crippen MR) is 60.8 cm³/mol. The molecule has 3 heteroatoms. The van der Waals surface area contributed by atoms with Crippen LogP contribution in [-0.2, 0) is 0 Å². The molecule has 2 N–H and O–H groups in total. The Morgan fingerprint density at radius 3 is 2.86 bits per heavy atom. The van der Waals surface area contributed by atoms with Gasteiger partial charge in [0.15, 0.2) is 5.78 Å². The van der Waals surface area contributed by atoms with Crippen molar-refractivity contribution in [3.63, 3.8) is 0 Å². The zero-order chi connectivity index (χ0) is 10.6. The smallest absolute Gasteiger partial charge is 0.173 e. The average Bonchev–Trinajstić information content (AvgIpc) is 2.60. The van der Waals surface area contributed by atoms with Crippen LogP contribution in [0, 0.1) is 12.8 Å². The second-order valence-corrected chi connectivity index (χ2v) is 4.65. The van der Waals surface area contributed by atoms with Crippen LogP contribution >= 0.6 is 11.3 Å². The molecule has 1 aromatic heterocycles. The maximum Gasteiger partial charge on any atom is 0.173 e. The van der Waals surface area contributed by atoms with Crippen molar-refractivity contribution >= 4 is 17.1 Å². The Morgan fingerprint density at radius 2 is 2.36 bits per heavy atom. The highest BCUT2D eigenvalue weighted by molar-refractivity contribution is 7.12. The predicted octanol–water partition coefficient (Wildman–Crippen LogP) is 2.61. The van der Waals surface area contributed by atoms with Crippen molar-refractivity contribution in [1.29, 1.82) is 0 Å². The van der Waals surface area contributed by atoms with Gasteiger partial charge in [0, 0.05) is 6.42 Å². The topological polar surface area (TPSA) is 43.1 Å². The third-order valence-corrected chi connectivity index (χ3v) is 3.44. The van der Waals surface area contributed by atoms with Crippen molar-refractivity contribution in [2.75, 3.05) is 6.54 Å². The molecule has 1 unspecified atom stereocenters. The monoisotopic (exact) mass is 211 g/mol. The third-order valence-electron chi connectivity index (χ3n) is 2.38. The van der Waals surface area contributed by atoms with Crippen molar-refractivity contribution in [3.05, 3.63) is 21.9 Å². The third kappa shape index (κ3) is 2.93. The molecule has 1 rings (SSSR count). The molecule has 0 saturated heterocycles. The van der Waals surface area contributed by atoms with Crippen molar-refractivity contribution in [2.45, 2.75) is 26.7 Å². The Kier molecular flexibility index (Phi) is 4.29. The number of hydrogen-bond acceptors (Lipinski definition) is 3. The van der Waals surface area contributed by atoms with Crippen molar-refractivity contribution in [3.8, 4) is 0 Å². The van der Waals surface area contributed by atoms with Crippen LogP contribution in [0.5, 0.6) is 0 Å². The maximum atomic E-state index is 11.7. The Morgan fingerprint density at radius 1 is 1.64 bits per heavy atom. The van der Waals surface area contributed by atoms with E-state index in [0.717, 1.165) is 16.9 Å². The van der Waals surface area contributed by atoms with Gasteiger partial charge in [0.05, 0.1) is 4.88 Å². The van der Waals surface area contributed by atoms with Gasteiger partial charge in [0.25, 0.3) is 0 Å². The lowest BCUT2D eigenvalue weighted by Crippen LogP contribution is -2.12. The Bertz CT molecular complexity index is 306. The highest BCUT2D eigenvalue weighted by Crippen LogP contribution is 2.19. The molecule has 0 amide bonds. The van der Waals surface area contributed by atoms with E-state index in [1.807, 2.05) is 18.4 Å². The molecular formula is C11H17NOS. The van der Waals surface area contributed by atoms with Crippen LogP contribution in [0.3, 0.4) is 0 Å². The van der Waals surface area contributed by atoms with Crippen molar-refractivity contribution in [1.82, 2.24) is 0 Å². The molecule has 1 aromatic rings. The maximum absolute atomic E-state index is 11.7. The van der Waals surface area contributed by atoms with Gasteiger partial charge in [0.2, 0.25) is 0 Å². The summed E-state index contributed by atoms with van der Waals surface area (Å²) in [5.41, 5.74) is 6.60. The number of Topliss-reactive ketones (excluding diaryl/α,β-unsaturated/α-hetero) is 1. The molecule has 1 heterocycles. The first-order chi connectivity index (χ1) is 6.65. The van der Waals surface area contributed by atoms with Crippen LogP contribution in [0.15, 0.2) is 11.4 Å². The minimum atomic E-state index is 0.262. The summed E-state index contributed by atoms with van der Waals surface area (Å²) in [7, 11) is 0. The zero-order valence-corrected chi connectivity index (χ0v) is 9.56. The lowest BCUT2D eigenvalue weighted by molar-refractivity contribution is 0.0978. The van der Waals surface area contributed by atoms with Gasteiger partial charge in [-0.1, -0.05) is 6.92 Å². The van der Waals surface area contributed by atoms with E-state index in [0.29, 0.717) is 18.9 Å². The first-order valence-corrected chi connectivity index (χ1v) is 5.80. The summed E-state index contributed by atoms with van der Waals surface area (Å²) in [5.74, 6) is 0.706. The molecule has 0 fully saturated rings. The van der Waals surface area contributed by atoms with Crippen LogP contribution in [0.1, 0.15) is 35.0 Å². The van der Waals surface area contributed by atoms with Gasteiger partial charge in [-0.05, 0) is 42.8 Å². The summed E-state index contributed by atoms with van der Waals surface area (Å²) >= 11 is 1.54. The summed E-state index contributed by atoms with van der Waals surface area (Å²) in [6.07, 6.45) is 1.52. The van der Waals surface area contributed by atoms with Gasteiger partial charge < -0.3 is 5.73 Å². The minimum Gasteiger partial charge on any atom is -0.330 e. The highest BCUT2D eigenvalue weighted by atomic mass is 32.1. The van der Waals surface area contributed by atoms with Gasteiger partial charge >= 0.3 is 0 Å². The van der Waals surface area contributed by atoms with E-state index >= 15 is 0 Å². The number of ketones is 1. The number of rotatable bonds is 5. The van der Waals surface area contributed by atoms with Crippen molar-refractivity contribution < 1.29 is 4.79 Å². The number of thiophene rings is 1. The van der Waals surface area contributed by atoms with Crippen LogP contribution in [-0.4, -0.2) is 12.3 Å². The fraction of sp³-hybridized carbons (Fsp3) is 0.545. The van der Waals surface area contributed by atoms with Crippen LogP contribution in [0.4, 0.5) is 0 Å². The van der Waals surface area contributed by atoms with E-state index < -0.39 is 0 Å². The number of nitrogens with two attached hydrogens (primary N) is 1. The molecule has 0 aliphatic rings. The summed E-state index contributed by atoms with van der Waals surface area (Å²) in [6.45, 7) is 4.72. The second-order valence-electron chi connectivity index (χ2n) is 3.74. The number of aryl methyl sites for hydroxylation is 1. The standard InChI is InChI=1S/C11H17NOS/c1-8(7-12)3-4-10(13)11-9(2)5-6-14-11/h5-6,8H,3-4,7,12H2,1-2H3. The summed E-state index contributed by atoms with van der Waals surface area (Å²) in [4.78, 5) is 12.6. The zero-order valence-electron chi connectivity index (χ0n) is 8.75. The molecule has 0 saturated carbocycles. The molecule has 0 aliphatic heterocycles. The summed E-state index contributed by atoms with van der Waals surface area (Å²) < 4.78 is 0. The molecule has 0 bridgehead atoms. The van der Waals surface area contributed by atoms with E-state index in [-0.39, 0.29) is 5.78 Å². The quantitative estimate of drug-likeness (QED) is 0.761. The fourth-order valence-electron chi connectivity index (χ4n) is 1.27. The van der Waals surface area contributed by atoms with Gasteiger partial charge in [0.1, 0.15) is 0 Å². The Labute approximate surface area is 89.1 Å². The van der Waals surface area contributed by atoms with Gasteiger partial charge in [-0.25, -0.2) is 0 Å². The largest absolute Gasteiger partial charge is 0.330 e. The van der Waals surface area contributed by atoms with Crippen molar-refractivity contribution in [2.24, 2.45) is 11.7 Å². The first-order valence-electron chi connectivity index (χ1n) is 4.92. The molecule has 0 aromatic carbocycles. The molecule has 1 atom stereocenters.